The van der Waals surface area contributed by atoms with Crippen LogP contribution in [0.2, 0.25) is 0 Å². The number of carbonyl (C=O) groups is 2. The van der Waals surface area contributed by atoms with E-state index in [1.807, 2.05) is 53.1 Å². The Kier molecular flexibility index (Phi) is 7.35. The largest absolute Gasteiger partial charge is 0.486 e. The number of aromatic nitrogens is 1. The number of benzene rings is 3. The molecular formula is C35H32N4O5. The second-order valence-electron chi connectivity index (χ2n) is 11.4. The lowest BCUT2D eigenvalue weighted by atomic mass is 9.83. The fourth-order valence-electron chi connectivity index (χ4n) is 6.38. The predicted octanol–water partition coefficient (Wildman–Crippen LogP) is 5.15. The summed E-state index contributed by atoms with van der Waals surface area (Å²) < 4.78 is 13.1. The third kappa shape index (κ3) is 5.68. The van der Waals surface area contributed by atoms with Gasteiger partial charge in [0.15, 0.2) is 11.5 Å². The first kappa shape index (κ1) is 27.5. The van der Waals surface area contributed by atoms with Crippen LogP contribution in [0, 0.1) is 5.92 Å². The highest BCUT2D eigenvalue weighted by Crippen LogP contribution is 2.39. The molecule has 2 unspecified atom stereocenters. The minimum absolute atomic E-state index is 0.0391. The van der Waals surface area contributed by atoms with Crippen molar-refractivity contribution in [2.45, 2.75) is 18.9 Å². The minimum atomic E-state index is -0.313. The molecule has 4 aromatic rings. The third-order valence-corrected chi connectivity index (χ3v) is 8.36. The van der Waals surface area contributed by atoms with Gasteiger partial charge in [0.1, 0.15) is 13.2 Å². The van der Waals surface area contributed by atoms with Crippen molar-refractivity contribution >= 4 is 35.0 Å². The molecule has 3 aliphatic heterocycles. The van der Waals surface area contributed by atoms with E-state index in [9.17, 15) is 14.4 Å². The van der Waals surface area contributed by atoms with Gasteiger partial charge in [-0.25, -0.2) is 0 Å². The van der Waals surface area contributed by atoms with Crippen LogP contribution in [-0.2, 0) is 11.3 Å². The van der Waals surface area contributed by atoms with Crippen LogP contribution < -0.4 is 30.6 Å². The number of nitrogens with one attached hydrogen (secondary N) is 2. The Balaban J connectivity index is 1.17. The summed E-state index contributed by atoms with van der Waals surface area (Å²) in [6.07, 6.45) is 4.26. The van der Waals surface area contributed by atoms with Crippen LogP contribution in [0.3, 0.4) is 0 Å². The molecule has 9 nitrogen and oxygen atoms in total. The highest BCUT2D eigenvalue weighted by Gasteiger charge is 2.35. The Hall–Kier alpha value is -5.31. The number of piperidine rings is 1. The van der Waals surface area contributed by atoms with Crippen molar-refractivity contribution in [3.05, 3.63) is 118 Å². The Bertz CT molecular complexity index is 1820. The first-order valence-electron chi connectivity index (χ1n) is 14.8. The van der Waals surface area contributed by atoms with Gasteiger partial charge in [0.25, 0.3) is 11.5 Å². The van der Waals surface area contributed by atoms with Gasteiger partial charge >= 0.3 is 0 Å². The summed E-state index contributed by atoms with van der Waals surface area (Å²) in [7, 11) is 0. The fourth-order valence-corrected chi connectivity index (χ4v) is 6.38. The van der Waals surface area contributed by atoms with E-state index in [2.05, 4.69) is 15.5 Å². The SMILES string of the molecule is O=C(C=Cc1ccccc1)Nc1cc(C(=O)Nc2ccc3c(c2)OCCO3)ccc1N1CC2CC(C1)c1cccc(=O)n1C2. The molecule has 0 spiro atoms. The Labute approximate surface area is 254 Å². The second-order valence-corrected chi connectivity index (χ2v) is 11.4. The molecule has 3 aromatic carbocycles. The first-order chi connectivity index (χ1) is 21.5. The average Bonchev–Trinajstić information content (AvgIpc) is 3.04. The lowest BCUT2D eigenvalue weighted by molar-refractivity contribution is -0.111. The standard InChI is InChI=1S/C35H32N4O5/c40-33(14-9-23-5-2-1-3-6-23)37-28-18-25(35(42)36-27-11-13-31-32(19-27)44-16-15-43-31)10-12-30(28)38-20-24-17-26(22-38)29-7-4-8-34(41)39(29)21-24/h1-14,18-19,24,26H,15-17,20-22H2,(H,36,42)(H,37,40). The molecule has 0 saturated carbocycles. The number of fused-ring (bicyclic) bond motifs is 5. The average molecular weight is 589 g/mol. The molecule has 44 heavy (non-hydrogen) atoms. The van der Waals surface area contributed by atoms with Gasteiger partial charge in [0.2, 0.25) is 5.91 Å². The van der Waals surface area contributed by atoms with Gasteiger partial charge in [-0.15, -0.1) is 0 Å². The molecule has 3 aliphatic rings. The van der Waals surface area contributed by atoms with E-state index < -0.39 is 0 Å². The van der Waals surface area contributed by atoms with Gasteiger partial charge in [0.05, 0.1) is 11.4 Å². The number of rotatable bonds is 6. The van der Waals surface area contributed by atoms with E-state index in [1.54, 1.807) is 42.5 Å². The minimum Gasteiger partial charge on any atom is -0.486 e. The smallest absolute Gasteiger partial charge is 0.255 e. The van der Waals surface area contributed by atoms with Crippen molar-refractivity contribution in [2.24, 2.45) is 5.92 Å². The number of hydrogen-bond donors (Lipinski definition) is 2. The van der Waals surface area contributed by atoms with Crippen LogP contribution >= 0.6 is 0 Å². The third-order valence-electron chi connectivity index (χ3n) is 8.36. The van der Waals surface area contributed by atoms with Crippen molar-refractivity contribution in [1.82, 2.24) is 4.57 Å². The number of anilines is 3. The van der Waals surface area contributed by atoms with Crippen molar-refractivity contribution < 1.29 is 19.1 Å². The monoisotopic (exact) mass is 588 g/mol. The fraction of sp³-hybridized carbons (Fsp3) is 0.229. The molecule has 1 aromatic heterocycles. The van der Waals surface area contributed by atoms with Crippen molar-refractivity contribution in [1.29, 1.82) is 0 Å². The van der Waals surface area contributed by atoms with Crippen LogP contribution in [0.5, 0.6) is 11.5 Å². The van der Waals surface area contributed by atoms with Gasteiger partial charge in [-0.1, -0.05) is 36.4 Å². The van der Waals surface area contributed by atoms with E-state index in [4.69, 9.17) is 9.47 Å². The van der Waals surface area contributed by atoms with Crippen LogP contribution in [0.4, 0.5) is 17.1 Å². The van der Waals surface area contributed by atoms with E-state index in [1.165, 1.54) is 6.08 Å². The molecular weight excluding hydrogens is 556 g/mol. The summed E-state index contributed by atoms with van der Waals surface area (Å²) in [6, 6.07) is 25.8. The number of hydrogen-bond acceptors (Lipinski definition) is 6. The summed E-state index contributed by atoms with van der Waals surface area (Å²) in [5.74, 6) is 1.10. The zero-order valence-electron chi connectivity index (χ0n) is 24.1. The summed E-state index contributed by atoms with van der Waals surface area (Å²) in [5.41, 5.74) is 4.37. The maximum atomic E-state index is 13.4. The van der Waals surface area contributed by atoms with E-state index >= 15 is 0 Å². The second kappa shape index (κ2) is 11.8. The number of amides is 2. The van der Waals surface area contributed by atoms with Gasteiger partial charge < -0.3 is 29.6 Å². The van der Waals surface area contributed by atoms with Crippen molar-refractivity contribution in [3.8, 4) is 11.5 Å². The number of nitrogens with zero attached hydrogens (tertiary/aromatic N) is 2. The Morgan fingerprint density at radius 3 is 2.52 bits per heavy atom. The molecule has 0 radical (unpaired) electrons. The van der Waals surface area contributed by atoms with Crippen LogP contribution in [0.25, 0.3) is 6.08 Å². The van der Waals surface area contributed by atoms with E-state index in [0.717, 1.165) is 29.9 Å². The molecule has 7 rings (SSSR count). The molecule has 222 valence electrons. The summed E-state index contributed by atoms with van der Waals surface area (Å²) in [6.45, 7) is 3.05. The quantitative estimate of drug-likeness (QED) is 0.302. The molecule has 2 bridgehead atoms. The Morgan fingerprint density at radius 2 is 1.66 bits per heavy atom. The van der Waals surface area contributed by atoms with Gasteiger partial charge in [-0.3, -0.25) is 14.4 Å². The predicted molar refractivity (Wildman–Crippen MR) is 170 cm³/mol. The topological polar surface area (TPSA) is 102 Å². The normalized spacial score (nSPS) is 18.4. The van der Waals surface area contributed by atoms with Crippen LogP contribution in [0.15, 0.2) is 95.8 Å². The molecule has 0 aliphatic carbocycles. The summed E-state index contributed by atoms with van der Waals surface area (Å²) in [4.78, 5) is 41.3. The van der Waals surface area contributed by atoms with Gasteiger partial charge in [0, 0.05) is 60.7 Å². The molecule has 2 amide bonds. The van der Waals surface area contributed by atoms with Crippen LogP contribution in [0.1, 0.15) is 34.0 Å². The van der Waals surface area contributed by atoms with Crippen LogP contribution in [-0.4, -0.2) is 42.7 Å². The highest BCUT2D eigenvalue weighted by atomic mass is 16.6. The molecule has 4 heterocycles. The Morgan fingerprint density at radius 1 is 0.818 bits per heavy atom. The number of ether oxygens (including phenoxy) is 2. The maximum Gasteiger partial charge on any atom is 0.255 e. The summed E-state index contributed by atoms with van der Waals surface area (Å²) >= 11 is 0. The van der Waals surface area contributed by atoms with E-state index in [0.29, 0.717) is 60.7 Å². The zero-order valence-corrected chi connectivity index (χ0v) is 24.1. The molecule has 2 atom stereocenters. The lowest BCUT2D eigenvalue weighted by Crippen LogP contribution is -2.47. The maximum absolute atomic E-state index is 13.4. The molecule has 1 saturated heterocycles. The molecule has 1 fully saturated rings. The molecule has 2 N–H and O–H groups in total. The van der Waals surface area contributed by atoms with Gasteiger partial charge in [-0.2, -0.15) is 0 Å². The molecule has 9 heteroatoms. The number of pyridine rings is 1. The first-order valence-corrected chi connectivity index (χ1v) is 14.8. The zero-order chi connectivity index (χ0) is 30.0. The number of carbonyl (C=O) groups excluding carboxylic acids is 2. The van der Waals surface area contributed by atoms with Crippen molar-refractivity contribution in [2.75, 3.05) is 41.8 Å². The van der Waals surface area contributed by atoms with Gasteiger partial charge in [-0.05, 0) is 60.4 Å². The highest BCUT2D eigenvalue weighted by molar-refractivity contribution is 6.08. The van der Waals surface area contributed by atoms with Crippen molar-refractivity contribution in [3.63, 3.8) is 0 Å². The van der Waals surface area contributed by atoms with E-state index in [-0.39, 0.29) is 23.3 Å². The lowest BCUT2D eigenvalue weighted by Gasteiger charge is -2.44. The summed E-state index contributed by atoms with van der Waals surface area (Å²) in [5, 5.41) is 5.97.